The summed E-state index contributed by atoms with van der Waals surface area (Å²) < 4.78 is 0.505. The lowest BCUT2D eigenvalue weighted by molar-refractivity contribution is 0.0787. The second-order valence-electron chi connectivity index (χ2n) is 5.37. The first kappa shape index (κ1) is 14.3. The second-order valence-corrected chi connectivity index (χ2v) is 7.43. The Morgan fingerprint density at radius 1 is 1.56 bits per heavy atom. The van der Waals surface area contributed by atoms with Gasteiger partial charge in [0.2, 0.25) is 0 Å². The van der Waals surface area contributed by atoms with Crippen molar-refractivity contribution in [2.45, 2.75) is 26.7 Å². The van der Waals surface area contributed by atoms with E-state index in [1.54, 1.807) is 6.07 Å². The van der Waals surface area contributed by atoms with Crippen molar-refractivity contribution in [2.24, 2.45) is 11.3 Å². The zero-order valence-electron chi connectivity index (χ0n) is 10.6. The summed E-state index contributed by atoms with van der Waals surface area (Å²) in [5, 5.41) is 3.79. The maximum Gasteiger partial charge on any atom is 0.180 e. The molecule has 0 aliphatic carbocycles. The summed E-state index contributed by atoms with van der Waals surface area (Å²) in [5.41, 5.74) is -0.272. The molecule has 5 heteroatoms. The monoisotopic (exact) mass is 305 g/mol. The van der Waals surface area contributed by atoms with Crippen LogP contribution in [0.1, 0.15) is 36.4 Å². The van der Waals surface area contributed by atoms with Crippen LogP contribution in [0.15, 0.2) is 6.07 Å². The molecule has 0 amide bonds. The van der Waals surface area contributed by atoms with Gasteiger partial charge >= 0.3 is 0 Å². The molecule has 2 rings (SSSR count). The van der Waals surface area contributed by atoms with Crippen molar-refractivity contribution in [3.05, 3.63) is 20.3 Å². The van der Waals surface area contributed by atoms with Crippen molar-refractivity contribution in [1.29, 1.82) is 0 Å². The van der Waals surface area contributed by atoms with Gasteiger partial charge in [0.15, 0.2) is 5.78 Å². The third-order valence-corrected chi connectivity index (χ3v) is 5.26. The fourth-order valence-corrected chi connectivity index (χ4v) is 4.13. The van der Waals surface area contributed by atoms with Crippen LogP contribution >= 0.6 is 34.5 Å². The molecule has 0 saturated carbocycles. The molecular weight excluding hydrogens is 289 g/mol. The summed E-state index contributed by atoms with van der Waals surface area (Å²) >= 11 is 13.2. The number of Topliss-reactive ketones (excluding diaryl/α,β-unsaturated/α-hetero) is 1. The first-order valence-electron chi connectivity index (χ1n) is 6.15. The Bertz CT molecular complexity index is 430. The zero-order valence-corrected chi connectivity index (χ0v) is 12.9. The maximum absolute atomic E-state index is 12.7. The van der Waals surface area contributed by atoms with Crippen molar-refractivity contribution < 1.29 is 4.79 Å². The van der Waals surface area contributed by atoms with Crippen molar-refractivity contribution in [2.75, 3.05) is 13.1 Å². The molecule has 1 N–H and O–H groups in total. The molecule has 1 aromatic heterocycles. The summed E-state index contributed by atoms with van der Waals surface area (Å²) in [6.07, 6.45) is 1.81. The lowest BCUT2D eigenvalue weighted by Crippen LogP contribution is -2.34. The summed E-state index contributed by atoms with van der Waals surface area (Å²) in [6, 6.07) is 1.71. The molecule has 1 fully saturated rings. The number of ketones is 1. The molecule has 0 aromatic carbocycles. The number of thiophene rings is 1. The van der Waals surface area contributed by atoms with Crippen LogP contribution in [0.3, 0.4) is 0 Å². The van der Waals surface area contributed by atoms with E-state index in [0.717, 1.165) is 25.9 Å². The molecule has 1 saturated heterocycles. The minimum Gasteiger partial charge on any atom is -0.316 e. The molecule has 1 atom stereocenters. The lowest BCUT2D eigenvalue weighted by atomic mass is 9.75. The Labute approximate surface area is 122 Å². The highest BCUT2D eigenvalue weighted by molar-refractivity contribution is 7.18. The topological polar surface area (TPSA) is 29.1 Å². The fourth-order valence-electron chi connectivity index (χ4n) is 2.71. The van der Waals surface area contributed by atoms with Crippen LogP contribution in [0.2, 0.25) is 9.36 Å². The van der Waals surface area contributed by atoms with Gasteiger partial charge in [-0.2, -0.15) is 0 Å². The number of hydrogen-bond donors (Lipinski definition) is 1. The smallest absolute Gasteiger partial charge is 0.180 e. The van der Waals surface area contributed by atoms with Crippen LogP contribution in [-0.2, 0) is 0 Å². The van der Waals surface area contributed by atoms with E-state index < -0.39 is 0 Å². The summed E-state index contributed by atoms with van der Waals surface area (Å²) in [5.74, 6) is 0.694. The van der Waals surface area contributed by atoms with E-state index in [0.29, 0.717) is 20.2 Å². The Morgan fingerprint density at radius 3 is 2.72 bits per heavy atom. The van der Waals surface area contributed by atoms with Gasteiger partial charge in [-0.15, -0.1) is 11.3 Å². The van der Waals surface area contributed by atoms with Crippen molar-refractivity contribution >= 4 is 40.3 Å². The number of halogens is 2. The SMILES string of the molecule is CC(C)C[C@@]1(C(=O)c2cc(Cl)c(Cl)s2)CCNC1. The van der Waals surface area contributed by atoms with E-state index in [4.69, 9.17) is 23.2 Å². The van der Waals surface area contributed by atoms with Gasteiger partial charge in [0.1, 0.15) is 4.34 Å². The van der Waals surface area contributed by atoms with Crippen LogP contribution in [-0.4, -0.2) is 18.9 Å². The molecule has 0 radical (unpaired) electrons. The number of nitrogens with one attached hydrogen (secondary N) is 1. The van der Waals surface area contributed by atoms with Crippen molar-refractivity contribution in [1.82, 2.24) is 5.32 Å². The maximum atomic E-state index is 12.7. The van der Waals surface area contributed by atoms with Crippen LogP contribution < -0.4 is 5.32 Å². The van der Waals surface area contributed by atoms with E-state index in [9.17, 15) is 4.79 Å². The van der Waals surface area contributed by atoms with Crippen LogP contribution in [0.4, 0.5) is 0 Å². The van der Waals surface area contributed by atoms with Gasteiger partial charge in [0.05, 0.1) is 9.90 Å². The highest BCUT2D eigenvalue weighted by atomic mass is 35.5. The van der Waals surface area contributed by atoms with E-state index in [-0.39, 0.29) is 11.2 Å². The molecular formula is C13H17Cl2NOS. The standard InChI is InChI=1S/C13H17Cl2NOS/c1-8(2)6-13(3-4-16-7-13)11(17)10-5-9(14)12(15)18-10/h5,8,16H,3-4,6-7H2,1-2H3/t13-/m0/s1. The number of rotatable bonds is 4. The third-order valence-electron chi connectivity index (χ3n) is 3.39. The summed E-state index contributed by atoms with van der Waals surface area (Å²) in [7, 11) is 0. The largest absolute Gasteiger partial charge is 0.316 e. The van der Waals surface area contributed by atoms with Crippen molar-refractivity contribution in [3.63, 3.8) is 0 Å². The average Bonchev–Trinajstić information content (AvgIpc) is 2.86. The number of hydrogen-bond acceptors (Lipinski definition) is 3. The molecule has 1 aliphatic rings. The quantitative estimate of drug-likeness (QED) is 0.842. The molecule has 0 unspecified atom stereocenters. The zero-order chi connectivity index (χ0) is 13.3. The summed E-state index contributed by atoms with van der Waals surface area (Å²) in [6.45, 7) is 5.98. The third kappa shape index (κ3) is 2.74. The molecule has 2 nitrogen and oxygen atoms in total. The Balaban J connectivity index is 2.28. The van der Waals surface area contributed by atoms with Gasteiger partial charge < -0.3 is 5.32 Å². The highest BCUT2D eigenvalue weighted by Crippen LogP contribution is 2.40. The van der Waals surface area contributed by atoms with Gasteiger partial charge in [0.25, 0.3) is 0 Å². The molecule has 18 heavy (non-hydrogen) atoms. The first-order valence-corrected chi connectivity index (χ1v) is 7.72. The van der Waals surface area contributed by atoms with E-state index in [1.807, 2.05) is 0 Å². The molecule has 0 bridgehead atoms. The van der Waals surface area contributed by atoms with Crippen LogP contribution in [0.25, 0.3) is 0 Å². The Hall–Kier alpha value is -0.0900. The Kier molecular flexibility index (Phi) is 4.37. The average molecular weight is 306 g/mol. The van der Waals surface area contributed by atoms with Gasteiger partial charge in [-0.3, -0.25) is 4.79 Å². The Morgan fingerprint density at radius 2 is 2.28 bits per heavy atom. The second kappa shape index (κ2) is 5.49. The minimum atomic E-state index is -0.272. The molecule has 1 aromatic rings. The van der Waals surface area contributed by atoms with E-state index in [1.165, 1.54) is 11.3 Å². The highest BCUT2D eigenvalue weighted by Gasteiger charge is 2.42. The lowest BCUT2D eigenvalue weighted by Gasteiger charge is -2.27. The van der Waals surface area contributed by atoms with Crippen molar-refractivity contribution in [3.8, 4) is 0 Å². The normalized spacial score (nSPS) is 23.8. The number of carbonyl (C=O) groups is 1. The summed E-state index contributed by atoms with van der Waals surface area (Å²) in [4.78, 5) is 13.4. The predicted octanol–water partition coefficient (Wildman–Crippen LogP) is 4.26. The first-order chi connectivity index (χ1) is 8.44. The number of carbonyl (C=O) groups excluding carboxylic acids is 1. The molecule has 2 heterocycles. The van der Waals surface area contributed by atoms with E-state index in [2.05, 4.69) is 19.2 Å². The minimum absolute atomic E-state index is 0.194. The van der Waals surface area contributed by atoms with Gasteiger partial charge in [-0.05, 0) is 31.4 Å². The van der Waals surface area contributed by atoms with Crippen LogP contribution in [0, 0.1) is 11.3 Å². The van der Waals surface area contributed by atoms with Crippen LogP contribution in [0.5, 0.6) is 0 Å². The van der Waals surface area contributed by atoms with Gasteiger partial charge in [-0.1, -0.05) is 37.0 Å². The van der Waals surface area contributed by atoms with Gasteiger partial charge in [-0.25, -0.2) is 0 Å². The fraction of sp³-hybridized carbons (Fsp3) is 0.615. The van der Waals surface area contributed by atoms with Gasteiger partial charge in [0, 0.05) is 12.0 Å². The molecule has 1 aliphatic heterocycles. The molecule has 100 valence electrons. The van der Waals surface area contributed by atoms with E-state index >= 15 is 0 Å². The molecule has 0 spiro atoms. The predicted molar refractivity (Wildman–Crippen MR) is 78.0 cm³/mol.